The molecule has 0 spiro atoms. The van der Waals surface area contributed by atoms with Gasteiger partial charge < -0.3 is 20.1 Å². The Kier molecular flexibility index (Phi) is 3.97. The number of aliphatic hydroxyl groups excluding tert-OH is 2. The molecule has 3 N–H and O–H groups in total. The van der Waals surface area contributed by atoms with E-state index in [1.165, 1.54) is 0 Å². The van der Waals surface area contributed by atoms with Crippen molar-refractivity contribution in [1.29, 1.82) is 0 Å². The number of carboxylic acid groups (broad SMARTS) is 1. The first-order chi connectivity index (χ1) is 8.32. The maximum Gasteiger partial charge on any atom is 0.387 e. The molecular formula is C8H6O10. The van der Waals surface area contributed by atoms with Crippen molar-refractivity contribution in [3.8, 4) is 0 Å². The molecule has 2 atom stereocenters. The minimum atomic E-state index is -2.39. The molecule has 0 aromatic carbocycles. The molecule has 1 aliphatic rings. The van der Waals surface area contributed by atoms with Crippen LogP contribution >= 0.6 is 0 Å². The standard InChI is InChI=1S/C8H6O10/c9-3-1-2(6(12)13)16-7(14)4(10)5(11)8(15)18-17-3/h1,4-5,10-11H,(H,12,13)/b2-1-. The highest BCUT2D eigenvalue weighted by atomic mass is 17.2. The molecule has 0 fully saturated rings. The summed E-state index contributed by atoms with van der Waals surface area (Å²) in [7, 11) is 0. The summed E-state index contributed by atoms with van der Waals surface area (Å²) in [6.45, 7) is 0. The molecule has 18 heavy (non-hydrogen) atoms. The number of aliphatic hydroxyl groups is 2. The van der Waals surface area contributed by atoms with E-state index in [0.717, 1.165) is 0 Å². The van der Waals surface area contributed by atoms with Gasteiger partial charge in [-0.1, -0.05) is 0 Å². The molecule has 10 nitrogen and oxygen atoms in total. The second kappa shape index (κ2) is 5.25. The predicted octanol–water partition coefficient (Wildman–Crippen LogP) is -2.77. The average molecular weight is 262 g/mol. The summed E-state index contributed by atoms with van der Waals surface area (Å²) < 4.78 is 4.09. The first kappa shape index (κ1) is 13.6. The van der Waals surface area contributed by atoms with Gasteiger partial charge in [0.25, 0.3) is 0 Å². The largest absolute Gasteiger partial charge is 0.475 e. The van der Waals surface area contributed by atoms with Crippen LogP contribution in [-0.2, 0) is 33.7 Å². The Balaban J connectivity index is 3.07. The lowest BCUT2D eigenvalue weighted by Crippen LogP contribution is -2.42. The minimum absolute atomic E-state index is 0.206. The number of ether oxygens (including phenoxy) is 1. The average Bonchev–Trinajstić information content (AvgIpc) is 2.31. The van der Waals surface area contributed by atoms with Crippen molar-refractivity contribution in [3.63, 3.8) is 0 Å². The molecule has 0 amide bonds. The number of carboxylic acids is 1. The Labute approximate surface area is 97.9 Å². The van der Waals surface area contributed by atoms with E-state index in [9.17, 15) is 19.2 Å². The number of rotatable bonds is 1. The molecule has 0 bridgehead atoms. The van der Waals surface area contributed by atoms with Gasteiger partial charge in [0, 0.05) is 0 Å². The van der Waals surface area contributed by atoms with Gasteiger partial charge in [-0.25, -0.2) is 29.0 Å². The van der Waals surface area contributed by atoms with Gasteiger partial charge in [-0.2, -0.15) is 0 Å². The van der Waals surface area contributed by atoms with E-state index in [0.29, 0.717) is 0 Å². The monoisotopic (exact) mass is 262 g/mol. The third-order valence-corrected chi connectivity index (χ3v) is 1.66. The van der Waals surface area contributed by atoms with Crippen LogP contribution in [-0.4, -0.2) is 51.4 Å². The maximum absolute atomic E-state index is 11.1. The van der Waals surface area contributed by atoms with Crippen molar-refractivity contribution in [1.82, 2.24) is 0 Å². The van der Waals surface area contributed by atoms with Gasteiger partial charge in [0.05, 0.1) is 6.08 Å². The van der Waals surface area contributed by atoms with Crippen molar-refractivity contribution >= 4 is 23.9 Å². The fourth-order valence-electron chi connectivity index (χ4n) is 0.824. The zero-order valence-corrected chi connectivity index (χ0v) is 8.43. The SMILES string of the molecule is O=C1/C=C(/C(=O)O)OC(=O)C(O)C(O)C(=O)OO1. The van der Waals surface area contributed by atoms with Crippen LogP contribution in [0.2, 0.25) is 0 Å². The normalized spacial score (nSPS) is 28.3. The van der Waals surface area contributed by atoms with Gasteiger partial charge in [0.15, 0.2) is 12.2 Å². The molecule has 0 aromatic heterocycles. The highest BCUT2D eigenvalue weighted by Gasteiger charge is 2.36. The third-order valence-electron chi connectivity index (χ3n) is 1.66. The van der Waals surface area contributed by atoms with Crippen LogP contribution in [0.1, 0.15) is 0 Å². The van der Waals surface area contributed by atoms with Crippen molar-refractivity contribution in [2.75, 3.05) is 0 Å². The van der Waals surface area contributed by atoms with Crippen LogP contribution in [0.25, 0.3) is 0 Å². The van der Waals surface area contributed by atoms with E-state index < -0.39 is 41.8 Å². The van der Waals surface area contributed by atoms with E-state index in [1.807, 2.05) is 0 Å². The second-order valence-electron chi connectivity index (χ2n) is 2.93. The van der Waals surface area contributed by atoms with Crippen molar-refractivity contribution in [2.24, 2.45) is 0 Å². The lowest BCUT2D eigenvalue weighted by atomic mass is 10.2. The molecule has 0 radical (unpaired) electrons. The number of cyclic esters (lactones) is 1. The van der Waals surface area contributed by atoms with Crippen molar-refractivity contribution < 1.29 is 49.0 Å². The fraction of sp³-hybridized carbons (Fsp3) is 0.250. The molecule has 2 unspecified atom stereocenters. The van der Waals surface area contributed by atoms with E-state index in [-0.39, 0.29) is 6.08 Å². The second-order valence-corrected chi connectivity index (χ2v) is 2.93. The Morgan fingerprint density at radius 2 is 1.61 bits per heavy atom. The van der Waals surface area contributed by atoms with Crippen molar-refractivity contribution in [2.45, 2.75) is 12.2 Å². The quantitative estimate of drug-likeness (QED) is 0.334. The van der Waals surface area contributed by atoms with E-state index in [2.05, 4.69) is 14.5 Å². The molecule has 1 aliphatic heterocycles. The Bertz CT molecular complexity index is 435. The lowest BCUT2D eigenvalue weighted by Gasteiger charge is -2.15. The van der Waals surface area contributed by atoms with Crippen molar-refractivity contribution in [3.05, 3.63) is 11.8 Å². The number of hydrogen-bond acceptors (Lipinski definition) is 9. The van der Waals surface area contributed by atoms with Gasteiger partial charge in [-0.05, 0) is 0 Å². The molecular weight excluding hydrogens is 256 g/mol. The van der Waals surface area contributed by atoms with Gasteiger partial charge in [0.2, 0.25) is 5.76 Å². The summed E-state index contributed by atoms with van der Waals surface area (Å²) in [5.74, 6) is -7.72. The number of carbonyl (C=O) groups excluding carboxylic acids is 3. The molecule has 0 saturated carbocycles. The van der Waals surface area contributed by atoms with Crippen LogP contribution in [0, 0.1) is 0 Å². The summed E-state index contributed by atoms with van der Waals surface area (Å²) >= 11 is 0. The van der Waals surface area contributed by atoms with Crippen LogP contribution in [0.3, 0.4) is 0 Å². The highest BCUT2D eigenvalue weighted by Crippen LogP contribution is 2.08. The summed E-state index contributed by atoms with van der Waals surface area (Å²) in [6, 6.07) is 0. The molecule has 1 heterocycles. The number of hydrogen-bond donors (Lipinski definition) is 3. The fourth-order valence-corrected chi connectivity index (χ4v) is 0.824. The summed E-state index contributed by atoms with van der Waals surface area (Å²) in [4.78, 5) is 51.0. The Hall–Kier alpha value is -2.46. The van der Waals surface area contributed by atoms with Crippen LogP contribution < -0.4 is 0 Å². The third kappa shape index (κ3) is 3.02. The number of carbonyl (C=O) groups is 4. The molecule has 0 aromatic rings. The zero-order chi connectivity index (χ0) is 13.9. The maximum atomic E-state index is 11.1. The van der Waals surface area contributed by atoms with E-state index in [4.69, 9.17) is 15.3 Å². The molecule has 98 valence electrons. The Morgan fingerprint density at radius 1 is 1.06 bits per heavy atom. The van der Waals surface area contributed by atoms with Gasteiger partial charge in [-0.3, -0.25) is 0 Å². The van der Waals surface area contributed by atoms with E-state index >= 15 is 0 Å². The number of esters is 1. The summed E-state index contributed by atoms with van der Waals surface area (Å²) in [5, 5.41) is 26.7. The zero-order valence-electron chi connectivity index (χ0n) is 8.43. The van der Waals surface area contributed by atoms with Crippen LogP contribution in [0.5, 0.6) is 0 Å². The lowest BCUT2D eigenvalue weighted by molar-refractivity contribution is -0.263. The van der Waals surface area contributed by atoms with Crippen LogP contribution in [0.15, 0.2) is 11.8 Å². The molecule has 0 aliphatic carbocycles. The molecule has 0 saturated heterocycles. The topological polar surface area (TPSA) is 157 Å². The van der Waals surface area contributed by atoms with Gasteiger partial charge in [-0.15, -0.1) is 0 Å². The Morgan fingerprint density at radius 3 is 2.17 bits per heavy atom. The first-order valence-corrected chi connectivity index (χ1v) is 4.28. The van der Waals surface area contributed by atoms with Gasteiger partial charge in [0.1, 0.15) is 0 Å². The van der Waals surface area contributed by atoms with Crippen LogP contribution in [0.4, 0.5) is 0 Å². The highest BCUT2D eigenvalue weighted by molar-refractivity contribution is 5.97. The molecule has 1 rings (SSSR count). The smallest absolute Gasteiger partial charge is 0.387 e. The van der Waals surface area contributed by atoms with E-state index in [1.54, 1.807) is 0 Å². The minimum Gasteiger partial charge on any atom is -0.475 e. The molecule has 10 heteroatoms. The summed E-state index contributed by atoms with van der Waals surface area (Å²) in [5.41, 5.74) is 0. The number of aliphatic carboxylic acids is 1. The summed E-state index contributed by atoms with van der Waals surface area (Å²) in [6.07, 6.45) is -4.58. The van der Waals surface area contributed by atoms with Gasteiger partial charge >= 0.3 is 23.9 Å². The first-order valence-electron chi connectivity index (χ1n) is 4.28. The predicted molar refractivity (Wildman–Crippen MR) is 46.0 cm³/mol.